The Bertz CT molecular complexity index is 604. The van der Waals surface area contributed by atoms with E-state index in [0.29, 0.717) is 12.8 Å². The van der Waals surface area contributed by atoms with Crippen LogP contribution < -0.4 is 4.72 Å². The zero-order valence-corrected chi connectivity index (χ0v) is 14.3. The summed E-state index contributed by atoms with van der Waals surface area (Å²) >= 11 is -0.318. The average molecular weight is 504 g/mol. The number of rotatable bonds is 6. The smallest absolute Gasteiger partial charge is 0.272 e. The van der Waals surface area contributed by atoms with Crippen molar-refractivity contribution in [3.05, 3.63) is 0 Å². The maximum Gasteiger partial charge on any atom is 0.453 e. The van der Waals surface area contributed by atoms with Gasteiger partial charge in [-0.15, -0.1) is 0 Å². The van der Waals surface area contributed by atoms with E-state index in [1.54, 1.807) is 0 Å². The van der Waals surface area contributed by atoms with E-state index in [1.165, 1.54) is 0 Å². The topological polar surface area (TPSA) is 67.8 Å². The van der Waals surface area contributed by atoms with Gasteiger partial charge in [0, 0.05) is 35.6 Å². The molecule has 0 aromatic heterocycles. The maximum atomic E-state index is 13.5. The number of sulfonamides is 1. The first-order chi connectivity index (χ1) is 10.5. The highest BCUT2D eigenvalue weighted by molar-refractivity contribution is 14.1. The Hall–Kier alpha value is -0.450. The van der Waals surface area contributed by atoms with Gasteiger partial charge in [0.25, 0.3) is 0 Å². The van der Waals surface area contributed by atoms with Crippen LogP contribution in [-0.2, 0) is 14.8 Å². The Morgan fingerprint density at radius 1 is 1.00 bits per heavy atom. The molecule has 0 fully saturated rings. The maximum absolute atomic E-state index is 13.5. The van der Waals surface area contributed by atoms with Gasteiger partial charge >= 0.3 is 31.4 Å². The number of aliphatic imine (C=N–C) groups is 1. The van der Waals surface area contributed by atoms with Crippen LogP contribution >= 0.6 is 22.6 Å². The minimum absolute atomic E-state index is 0.0371. The number of ether oxygens (including phenoxy) is 1. The fourth-order valence-electron chi connectivity index (χ4n) is 1.43. The lowest BCUT2D eigenvalue weighted by atomic mass is 10.2. The van der Waals surface area contributed by atoms with Gasteiger partial charge in [0.1, 0.15) is 5.84 Å². The van der Waals surface area contributed by atoms with Gasteiger partial charge in [-0.25, -0.2) is 4.74 Å². The molecule has 0 saturated carbocycles. The molecule has 1 N–H and O–H groups in total. The lowest BCUT2D eigenvalue weighted by molar-refractivity contribution is -0.438. The molecule has 0 atom stereocenters. The summed E-state index contributed by atoms with van der Waals surface area (Å²) in [5.41, 5.74) is 0. The van der Waals surface area contributed by atoms with Gasteiger partial charge in [-0.3, -0.25) is 9.71 Å². The van der Waals surface area contributed by atoms with Gasteiger partial charge < -0.3 is 0 Å². The van der Waals surface area contributed by atoms with Gasteiger partial charge in [-0.1, -0.05) is 0 Å². The molecule has 0 saturated heterocycles. The normalized spacial score (nSPS) is 18.3. The molecule has 5 nitrogen and oxygen atoms in total. The highest BCUT2D eigenvalue weighted by Crippen LogP contribution is 2.48. The van der Waals surface area contributed by atoms with E-state index in [0.717, 1.165) is 4.72 Å². The third kappa shape index (κ3) is 4.39. The molecular weight excluding hydrogens is 495 g/mol. The van der Waals surface area contributed by atoms with Gasteiger partial charge in [-0.05, 0) is 12.8 Å². The molecule has 0 aromatic carbocycles. The minimum atomic E-state index is -6.45. The van der Waals surface area contributed by atoms with E-state index in [-0.39, 0.29) is 35.6 Å². The molecule has 0 unspecified atom stereocenters. The van der Waals surface area contributed by atoms with Crippen molar-refractivity contribution in [1.82, 2.24) is 4.72 Å². The first kappa shape index (κ1) is 21.6. The zero-order chi connectivity index (χ0) is 19.0. The molecule has 1 aliphatic rings. The quantitative estimate of drug-likeness (QED) is 0.343. The summed E-state index contributed by atoms with van der Waals surface area (Å²) in [5.74, 6) is -0.581. The van der Waals surface area contributed by atoms with Gasteiger partial charge in [0.2, 0.25) is 0 Å². The molecule has 1 aliphatic heterocycles. The number of alkyl halides is 9. The highest BCUT2D eigenvalue weighted by Gasteiger charge is 2.73. The number of halogens is 9. The third-order valence-electron chi connectivity index (χ3n) is 2.64. The first-order valence-corrected chi connectivity index (χ1v) is 8.56. The van der Waals surface area contributed by atoms with Gasteiger partial charge in [-0.2, -0.15) is 43.5 Å². The molecule has 0 amide bonds. The highest BCUT2D eigenvalue weighted by atomic mass is 127. The molecule has 142 valence electrons. The molecule has 0 aliphatic carbocycles. The zero-order valence-electron chi connectivity index (χ0n) is 11.3. The number of hydrogen-bond donors (Lipinski definition) is 1. The fraction of sp³-hybridized carbons (Fsp3) is 0.889. The van der Waals surface area contributed by atoms with E-state index >= 15 is 0 Å². The summed E-state index contributed by atoms with van der Waals surface area (Å²) in [5, 5.41) is -6.27. The second-order valence-electron chi connectivity index (χ2n) is 4.54. The molecule has 15 heteroatoms. The Morgan fingerprint density at radius 3 is 1.96 bits per heavy atom. The van der Waals surface area contributed by atoms with Crippen LogP contribution in [0, 0.1) is 0 Å². The molecule has 24 heavy (non-hydrogen) atoms. The SMILES string of the molecule is O=S(=O)(NC1=NCCCC1)C(F)(F)C(F)(F)OC(F)(F)C(F)(F)I. The average Bonchev–Trinajstić information content (AvgIpc) is 2.36. The number of nitrogens with zero attached hydrogens (tertiary/aromatic N) is 1. The monoisotopic (exact) mass is 504 g/mol. The van der Waals surface area contributed by atoms with Gasteiger partial charge in [0.05, 0.1) is 0 Å². The Morgan fingerprint density at radius 2 is 1.54 bits per heavy atom. The van der Waals surface area contributed by atoms with Crippen LogP contribution in [0.15, 0.2) is 4.99 Å². The summed E-state index contributed by atoms with van der Waals surface area (Å²) in [4.78, 5) is 3.46. The predicted molar refractivity (Wildman–Crippen MR) is 73.1 cm³/mol. The summed E-state index contributed by atoms with van der Waals surface area (Å²) in [7, 11) is -6.30. The van der Waals surface area contributed by atoms with E-state index < -0.39 is 37.3 Å². The number of nitrogens with one attached hydrogen (secondary N) is 1. The first-order valence-electron chi connectivity index (χ1n) is 5.99. The third-order valence-corrected chi connectivity index (χ3v) is 4.68. The van der Waals surface area contributed by atoms with Crippen LogP contribution in [-0.4, -0.2) is 42.2 Å². The van der Waals surface area contributed by atoms with Crippen molar-refractivity contribution in [3.63, 3.8) is 0 Å². The summed E-state index contributed by atoms with van der Waals surface area (Å²) in [6.07, 6.45) is -11.9. The Labute approximate surface area is 144 Å². The van der Waals surface area contributed by atoms with Crippen LogP contribution in [0.1, 0.15) is 19.3 Å². The van der Waals surface area contributed by atoms with Crippen molar-refractivity contribution in [2.24, 2.45) is 4.99 Å². The second kappa shape index (κ2) is 6.69. The second-order valence-corrected chi connectivity index (χ2v) is 7.62. The molecule has 1 heterocycles. The summed E-state index contributed by atoms with van der Waals surface area (Å²) in [6.45, 7) is 0.0371. The molecule has 0 spiro atoms. The molecular formula is C9H9F8IN2O3S. The van der Waals surface area contributed by atoms with Crippen LogP contribution in [0.5, 0.6) is 0 Å². The minimum Gasteiger partial charge on any atom is -0.272 e. The van der Waals surface area contributed by atoms with E-state index in [4.69, 9.17) is 0 Å². The van der Waals surface area contributed by atoms with E-state index in [9.17, 15) is 43.5 Å². The van der Waals surface area contributed by atoms with Crippen LogP contribution in [0.3, 0.4) is 0 Å². The van der Waals surface area contributed by atoms with Crippen LogP contribution in [0.2, 0.25) is 0 Å². The molecule has 1 rings (SSSR count). The van der Waals surface area contributed by atoms with Crippen molar-refractivity contribution < 1.29 is 48.3 Å². The molecule has 0 bridgehead atoms. The Balaban J connectivity index is 3.08. The standard InChI is InChI=1S/C9H9F8IN2O3S/c10-6(11,18)7(12,13)23-8(14,15)9(16,17)24(21,22)20-5-3-1-2-4-19-5/h1-4H2,(H,19,20). The van der Waals surface area contributed by atoms with Crippen LogP contribution in [0.25, 0.3) is 0 Å². The van der Waals surface area contributed by atoms with Gasteiger partial charge in [0.15, 0.2) is 0 Å². The van der Waals surface area contributed by atoms with Crippen molar-refractivity contribution in [2.75, 3.05) is 6.54 Å². The summed E-state index contributed by atoms with van der Waals surface area (Å²) in [6, 6.07) is 0. The van der Waals surface area contributed by atoms with Crippen molar-refractivity contribution in [1.29, 1.82) is 0 Å². The molecule has 0 radical (unpaired) electrons. The lowest BCUT2D eigenvalue weighted by Gasteiger charge is -2.30. The van der Waals surface area contributed by atoms with Crippen LogP contribution in [0.4, 0.5) is 35.1 Å². The number of hydrogen-bond acceptors (Lipinski definition) is 4. The predicted octanol–water partition coefficient (Wildman–Crippen LogP) is 3.31. The number of amidine groups is 1. The van der Waals surface area contributed by atoms with Crippen molar-refractivity contribution in [2.45, 2.75) is 40.7 Å². The molecule has 0 aromatic rings. The fourth-order valence-corrected chi connectivity index (χ4v) is 2.50. The van der Waals surface area contributed by atoms with E-state index in [2.05, 4.69) is 9.73 Å². The lowest BCUT2D eigenvalue weighted by Crippen LogP contribution is -2.58. The summed E-state index contributed by atoms with van der Waals surface area (Å²) < 4.78 is 125. The largest absolute Gasteiger partial charge is 0.453 e. The van der Waals surface area contributed by atoms with E-state index in [1.807, 2.05) is 0 Å². The Kier molecular flexibility index (Phi) is 6.02. The van der Waals surface area contributed by atoms with Crippen molar-refractivity contribution >= 4 is 38.4 Å². The van der Waals surface area contributed by atoms with Crippen molar-refractivity contribution in [3.8, 4) is 0 Å².